The second-order valence-corrected chi connectivity index (χ2v) is 4.90. The second kappa shape index (κ2) is 6.14. The summed E-state index contributed by atoms with van der Waals surface area (Å²) >= 11 is 0. The molecule has 2 nitrogen and oxygen atoms in total. The number of rotatable bonds is 7. The molecule has 1 aromatic carbocycles. The van der Waals surface area contributed by atoms with Gasteiger partial charge in [-0.05, 0) is 50.3 Å². The first-order valence-corrected chi connectivity index (χ1v) is 6.43. The highest BCUT2D eigenvalue weighted by atomic mass is 19.3. The van der Waals surface area contributed by atoms with Crippen molar-refractivity contribution in [3.8, 4) is 5.75 Å². The molecule has 1 aliphatic rings. The van der Waals surface area contributed by atoms with Gasteiger partial charge in [0.05, 0.1) is 0 Å². The van der Waals surface area contributed by atoms with E-state index in [4.69, 9.17) is 0 Å². The van der Waals surface area contributed by atoms with Gasteiger partial charge in [0.1, 0.15) is 5.75 Å². The Morgan fingerprint density at radius 3 is 2.50 bits per heavy atom. The van der Waals surface area contributed by atoms with E-state index in [0.29, 0.717) is 6.04 Å². The molecule has 0 bridgehead atoms. The van der Waals surface area contributed by atoms with Crippen molar-refractivity contribution in [3.05, 3.63) is 29.8 Å². The summed E-state index contributed by atoms with van der Waals surface area (Å²) in [6.45, 7) is -0.564. The summed E-state index contributed by atoms with van der Waals surface area (Å²) in [4.78, 5) is 0. The molecule has 1 atom stereocenters. The van der Waals surface area contributed by atoms with Crippen LogP contribution in [-0.4, -0.2) is 18.7 Å². The molecule has 0 amide bonds. The van der Waals surface area contributed by atoms with Gasteiger partial charge in [-0.1, -0.05) is 12.1 Å². The van der Waals surface area contributed by atoms with E-state index in [1.54, 1.807) is 12.1 Å². The highest BCUT2D eigenvalue weighted by Crippen LogP contribution is 2.20. The number of aryl methyl sites for hydroxylation is 1. The van der Waals surface area contributed by atoms with Crippen LogP contribution in [0.4, 0.5) is 8.78 Å². The Hall–Kier alpha value is -1.16. The lowest BCUT2D eigenvalue weighted by atomic mass is 10.1. The molecule has 1 fully saturated rings. The average molecular weight is 255 g/mol. The normalized spacial score (nSPS) is 16.9. The van der Waals surface area contributed by atoms with Crippen LogP contribution in [0.1, 0.15) is 31.7 Å². The van der Waals surface area contributed by atoms with Gasteiger partial charge in [0.25, 0.3) is 0 Å². The Bertz CT molecular complexity index is 363. The zero-order valence-electron chi connectivity index (χ0n) is 10.5. The molecule has 0 heterocycles. The maximum Gasteiger partial charge on any atom is 0.387 e. The third kappa shape index (κ3) is 4.61. The lowest BCUT2D eigenvalue weighted by molar-refractivity contribution is -0.0498. The first-order valence-electron chi connectivity index (χ1n) is 6.43. The van der Waals surface area contributed by atoms with Crippen LogP contribution in [0.3, 0.4) is 0 Å². The van der Waals surface area contributed by atoms with Crippen molar-refractivity contribution in [3.63, 3.8) is 0 Å². The van der Waals surface area contributed by atoms with Crippen molar-refractivity contribution in [1.29, 1.82) is 0 Å². The second-order valence-electron chi connectivity index (χ2n) is 4.90. The summed E-state index contributed by atoms with van der Waals surface area (Å²) < 4.78 is 28.3. The van der Waals surface area contributed by atoms with Gasteiger partial charge in [-0.3, -0.25) is 0 Å². The molecular formula is C14H19F2NO. The van der Waals surface area contributed by atoms with E-state index in [1.165, 1.54) is 12.8 Å². The third-order valence-electron chi connectivity index (χ3n) is 3.11. The summed E-state index contributed by atoms with van der Waals surface area (Å²) in [7, 11) is 0. The molecule has 0 aromatic heterocycles. The monoisotopic (exact) mass is 255 g/mol. The number of nitrogens with one attached hydrogen (secondary N) is 1. The number of alkyl halides is 2. The standard InChI is InChI=1S/C14H19F2NO/c1-10(17-12-6-7-12)2-3-11-4-8-13(9-5-11)18-14(15)16/h4-5,8-10,12,14,17H,2-3,6-7H2,1H3. The van der Waals surface area contributed by atoms with Crippen molar-refractivity contribution in [2.24, 2.45) is 0 Å². The van der Waals surface area contributed by atoms with Crippen LogP contribution in [0.25, 0.3) is 0 Å². The molecule has 0 saturated heterocycles. The maximum absolute atomic E-state index is 12.0. The fourth-order valence-electron chi connectivity index (χ4n) is 1.96. The summed E-state index contributed by atoms with van der Waals surface area (Å²) in [5.41, 5.74) is 1.15. The van der Waals surface area contributed by atoms with Crippen molar-refractivity contribution < 1.29 is 13.5 Å². The molecule has 1 saturated carbocycles. The van der Waals surface area contributed by atoms with Crippen LogP contribution < -0.4 is 10.1 Å². The Labute approximate surface area is 106 Å². The Kier molecular flexibility index (Phi) is 4.53. The minimum absolute atomic E-state index is 0.220. The Balaban J connectivity index is 1.74. The maximum atomic E-state index is 12.0. The minimum atomic E-state index is -2.75. The quantitative estimate of drug-likeness (QED) is 0.806. The zero-order valence-corrected chi connectivity index (χ0v) is 10.5. The van der Waals surface area contributed by atoms with E-state index in [1.807, 2.05) is 12.1 Å². The molecule has 0 spiro atoms. The largest absolute Gasteiger partial charge is 0.435 e. The van der Waals surface area contributed by atoms with Gasteiger partial charge in [0.15, 0.2) is 0 Å². The van der Waals surface area contributed by atoms with E-state index in [2.05, 4.69) is 17.0 Å². The molecule has 100 valence electrons. The first kappa shape index (κ1) is 13.3. The molecule has 1 aliphatic carbocycles. The van der Waals surface area contributed by atoms with Crippen molar-refractivity contribution >= 4 is 0 Å². The van der Waals surface area contributed by atoms with Crippen LogP contribution in [0.5, 0.6) is 5.75 Å². The predicted molar refractivity (Wildman–Crippen MR) is 67.0 cm³/mol. The molecule has 4 heteroatoms. The number of hydrogen-bond acceptors (Lipinski definition) is 2. The topological polar surface area (TPSA) is 21.3 Å². The molecule has 1 N–H and O–H groups in total. The Morgan fingerprint density at radius 1 is 1.28 bits per heavy atom. The van der Waals surface area contributed by atoms with Gasteiger partial charge in [0.2, 0.25) is 0 Å². The van der Waals surface area contributed by atoms with Gasteiger partial charge in [0, 0.05) is 12.1 Å². The zero-order chi connectivity index (χ0) is 13.0. The molecule has 0 radical (unpaired) electrons. The molecule has 1 aromatic rings. The Morgan fingerprint density at radius 2 is 1.94 bits per heavy atom. The molecule has 1 unspecified atom stereocenters. The van der Waals surface area contributed by atoms with Crippen molar-refractivity contribution in [2.75, 3.05) is 0 Å². The minimum Gasteiger partial charge on any atom is -0.435 e. The number of halogens is 2. The summed E-state index contributed by atoms with van der Waals surface area (Å²) in [6, 6.07) is 8.13. The molecule has 2 rings (SSSR count). The van der Waals surface area contributed by atoms with Crippen LogP contribution in [0.2, 0.25) is 0 Å². The van der Waals surface area contributed by atoms with Gasteiger partial charge < -0.3 is 10.1 Å². The SMILES string of the molecule is CC(CCc1ccc(OC(F)F)cc1)NC1CC1. The number of hydrogen-bond donors (Lipinski definition) is 1. The van der Waals surface area contributed by atoms with Crippen molar-refractivity contribution in [2.45, 2.75) is 51.3 Å². The summed E-state index contributed by atoms with van der Waals surface area (Å²) in [5, 5.41) is 3.54. The average Bonchev–Trinajstić information content (AvgIpc) is 3.11. The van der Waals surface area contributed by atoms with Gasteiger partial charge in [-0.2, -0.15) is 8.78 Å². The van der Waals surface area contributed by atoms with E-state index in [-0.39, 0.29) is 5.75 Å². The highest BCUT2D eigenvalue weighted by Gasteiger charge is 2.22. The molecular weight excluding hydrogens is 236 g/mol. The van der Waals surface area contributed by atoms with E-state index in [9.17, 15) is 8.78 Å². The van der Waals surface area contributed by atoms with Gasteiger partial charge in [-0.25, -0.2) is 0 Å². The summed E-state index contributed by atoms with van der Waals surface area (Å²) in [5.74, 6) is 0.220. The van der Waals surface area contributed by atoms with Crippen LogP contribution >= 0.6 is 0 Å². The van der Waals surface area contributed by atoms with Crippen molar-refractivity contribution in [1.82, 2.24) is 5.32 Å². The lowest BCUT2D eigenvalue weighted by Gasteiger charge is -2.13. The van der Waals surface area contributed by atoms with Crippen LogP contribution in [0, 0.1) is 0 Å². The molecule has 18 heavy (non-hydrogen) atoms. The first-order chi connectivity index (χ1) is 8.63. The van der Waals surface area contributed by atoms with Crippen LogP contribution in [0.15, 0.2) is 24.3 Å². The fraction of sp³-hybridized carbons (Fsp3) is 0.571. The van der Waals surface area contributed by atoms with Crippen LogP contribution in [-0.2, 0) is 6.42 Å². The number of benzene rings is 1. The highest BCUT2D eigenvalue weighted by molar-refractivity contribution is 5.27. The van der Waals surface area contributed by atoms with E-state index in [0.717, 1.165) is 24.4 Å². The summed E-state index contributed by atoms with van der Waals surface area (Å²) in [6.07, 6.45) is 4.61. The molecule has 0 aliphatic heterocycles. The van der Waals surface area contributed by atoms with E-state index < -0.39 is 6.61 Å². The van der Waals surface area contributed by atoms with E-state index >= 15 is 0 Å². The smallest absolute Gasteiger partial charge is 0.387 e. The lowest BCUT2D eigenvalue weighted by Crippen LogP contribution is -2.28. The number of ether oxygens (including phenoxy) is 1. The predicted octanol–water partition coefficient (Wildman–Crippen LogP) is 3.36. The van der Waals surface area contributed by atoms with Gasteiger partial charge >= 0.3 is 6.61 Å². The van der Waals surface area contributed by atoms with Gasteiger partial charge in [-0.15, -0.1) is 0 Å². The fourth-order valence-corrected chi connectivity index (χ4v) is 1.96. The third-order valence-corrected chi connectivity index (χ3v) is 3.11.